The van der Waals surface area contributed by atoms with Gasteiger partial charge in [0.1, 0.15) is 17.4 Å². The Morgan fingerprint density at radius 3 is 2.21 bits per heavy atom. The van der Waals surface area contributed by atoms with Gasteiger partial charge in [-0.2, -0.15) is 4.37 Å². The Bertz CT molecular complexity index is 1600. The quantitative estimate of drug-likeness (QED) is 0.198. The lowest BCUT2D eigenvalue weighted by atomic mass is 9.70. The standard InChI is InChI=1S/C38H47FN6O2S/c1-42(2)37(47)38(29-13-5-3-6-14-29,30-15-7-4-8-16-30)19-22-45-28-31(39)27-33(45)36(46)40-20-11-12-21-43-23-25-44(26-24-43)35-32-17-9-10-18-34(32)48-41-35/h3-10,13-18,31,33H,11-12,19-28H2,1-2H3,(H,40,46)/t31-,33+/m1/s1. The number of amides is 2. The van der Waals surface area contributed by atoms with E-state index in [9.17, 15) is 14.0 Å². The summed E-state index contributed by atoms with van der Waals surface area (Å²) in [7, 11) is 3.55. The molecule has 0 unspecified atom stereocenters. The van der Waals surface area contributed by atoms with Gasteiger partial charge in [0.25, 0.3) is 0 Å². The van der Waals surface area contributed by atoms with Gasteiger partial charge in [0.2, 0.25) is 11.8 Å². The maximum Gasteiger partial charge on any atom is 0.237 e. The summed E-state index contributed by atoms with van der Waals surface area (Å²) in [6, 6.07) is 27.5. The Labute approximate surface area is 287 Å². The summed E-state index contributed by atoms with van der Waals surface area (Å²) in [5.41, 5.74) is 0.830. The molecule has 2 fully saturated rings. The number of hydrogen-bond acceptors (Lipinski definition) is 7. The highest BCUT2D eigenvalue weighted by molar-refractivity contribution is 7.13. The summed E-state index contributed by atoms with van der Waals surface area (Å²) in [5.74, 6) is 0.947. The molecule has 0 bridgehead atoms. The van der Waals surface area contributed by atoms with Gasteiger partial charge in [-0.3, -0.25) is 19.4 Å². The first kappa shape index (κ1) is 34.0. The molecule has 0 spiro atoms. The minimum absolute atomic E-state index is 0.0325. The number of benzene rings is 3. The zero-order valence-corrected chi connectivity index (χ0v) is 28.9. The van der Waals surface area contributed by atoms with E-state index in [-0.39, 0.29) is 24.8 Å². The highest BCUT2D eigenvalue weighted by Crippen LogP contribution is 2.38. The van der Waals surface area contributed by atoms with Crippen LogP contribution in [-0.2, 0) is 15.0 Å². The van der Waals surface area contributed by atoms with Crippen LogP contribution in [0.25, 0.3) is 10.1 Å². The monoisotopic (exact) mass is 670 g/mol. The number of anilines is 1. The summed E-state index contributed by atoms with van der Waals surface area (Å²) >= 11 is 1.56. The number of carbonyl (C=O) groups excluding carboxylic acids is 2. The van der Waals surface area contributed by atoms with Crippen LogP contribution in [0.3, 0.4) is 0 Å². The van der Waals surface area contributed by atoms with E-state index in [1.54, 1.807) is 30.5 Å². The third kappa shape index (κ3) is 7.41. The fourth-order valence-corrected chi connectivity index (χ4v) is 8.18. The lowest BCUT2D eigenvalue weighted by Gasteiger charge is -2.37. The van der Waals surface area contributed by atoms with Crippen molar-refractivity contribution in [1.82, 2.24) is 24.4 Å². The van der Waals surface area contributed by atoms with Crippen LogP contribution in [0.2, 0.25) is 0 Å². The highest BCUT2D eigenvalue weighted by atomic mass is 32.1. The molecule has 2 aliphatic rings. The Morgan fingerprint density at radius 1 is 0.896 bits per heavy atom. The second kappa shape index (κ2) is 15.6. The van der Waals surface area contributed by atoms with Gasteiger partial charge in [-0.25, -0.2) is 4.39 Å². The number of likely N-dealkylation sites (tertiary alicyclic amines) is 1. The van der Waals surface area contributed by atoms with Crippen molar-refractivity contribution in [3.05, 3.63) is 96.1 Å². The number of rotatable bonds is 13. The maximum absolute atomic E-state index is 14.9. The molecule has 2 atom stereocenters. The SMILES string of the molecule is CN(C)C(=O)C(CCN1C[C@H](F)C[C@H]1C(=O)NCCCCN1CCN(c2nsc3ccccc23)CC1)(c1ccccc1)c1ccccc1. The number of piperazine rings is 1. The number of alkyl halides is 1. The third-order valence-electron chi connectivity index (χ3n) is 9.96. The molecule has 3 aromatic carbocycles. The Hall–Kier alpha value is -3.86. The van der Waals surface area contributed by atoms with Crippen molar-refractivity contribution in [2.24, 2.45) is 0 Å². The van der Waals surface area contributed by atoms with E-state index >= 15 is 0 Å². The van der Waals surface area contributed by atoms with E-state index in [1.807, 2.05) is 65.6 Å². The summed E-state index contributed by atoms with van der Waals surface area (Å²) in [6.07, 6.45) is 1.39. The van der Waals surface area contributed by atoms with Crippen LogP contribution in [0.15, 0.2) is 84.9 Å². The van der Waals surface area contributed by atoms with Crippen molar-refractivity contribution in [1.29, 1.82) is 0 Å². The van der Waals surface area contributed by atoms with Gasteiger partial charge >= 0.3 is 0 Å². The van der Waals surface area contributed by atoms with Crippen LogP contribution < -0.4 is 10.2 Å². The number of halogens is 1. The van der Waals surface area contributed by atoms with Gasteiger partial charge in [0.05, 0.1) is 10.7 Å². The molecule has 2 saturated heterocycles. The molecule has 48 heavy (non-hydrogen) atoms. The number of unbranched alkanes of at least 4 members (excludes halogenated alkanes) is 1. The lowest BCUT2D eigenvalue weighted by molar-refractivity contribution is -0.133. The molecule has 0 radical (unpaired) electrons. The summed E-state index contributed by atoms with van der Waals surface area (Å²) < 4.78 is 20.8. The molecule has 1 aromatic heterocycles. The molecule has 6 rings (SSSR count). The number of hydrogen-bond donors (Lipinski definition) is 1. The number of nitrogens with zero attached hydrogens (tertiary/aromatic N) is 5. The average Bonchev–Trinajstić information content (AvgIpc) is 3.73. The van der Waals surface area contributed by atoms with Crippen molar-refractivity contribution < 1.29 is 14.0 Å². The normalized spacial score (nSPS) is 19.1. The topological polar surface area (TPSA) is 72.0 Å². The zero-order valence-electron chi connectivity index (χ0n) is 28.1. The first-order valence-electron chi connectivity index (χ1n) is 17.2. The van der Waals surface area contributed by atoms with Crippen LogP contribution >= 0.6 is 11.5 Å². The number of likely N-dealkylation sites (N-methyl/N-ethyl adjacent to an activating group) is 1. The Kier molecular flexibility index (Phi) is 11.0. The number of fused-ring (bicyclic) bond motifs is 1. The summed E-state index contributed by atoms with van der Waals surface area (Å²) in [6.45, 7) is 6.09. The number of nitrogens with one attached hydrogen (secondary N) is 1. The maximum atomic E-state index is 14.9. The summed E-state index contributed by atoms with van der Waals surface area (Å²) in [4.78, 5) is 35.9. The van der Waals surface area contributed by atoms with E-state index in [2.05, 4.69) is 39.4 Å². The smallest absolute Gasteiger partial charge is 0.237 e. The van der Waals surface area contributed by atoms with Gasteiger partial charge in [-0.1, -0.05) is 72.8 Å². The van der Waals surface area contributed by atoms with Crippen LogP contribution in [-0.4, -0.2) is 110 Å². The Morgan fingerprint density at radius 2 is 1.54 bits per heavy atom. The molecule has 2 aliphatic heterocycles. The second-order valence-electron chi connectivity index (χ2n) is 13.3. The van der Waals surface area contributed by atoms with Crippen molar-refractivity contribution in [2.45, 2.75) is 43.3 Å². The second-order valence-corrected chi connectivity index (χ2v) is 14.1. The Balaban J connectivity index is 1.01. The predicted molar refractivity (Wildman–Crippen MR) is 192 cm³/mol. The van der Waals surface area contributed by atoms with E-state index < -0.39 is 17.6 Å². The third-order valence-corrected chi connectivity index (χ3v) is 10.8. The molecule has 10 heteroatoms. The van der Waals surface area contributed by atoms with E-state index in [1.165, 1.54) is 10.1 Å². The van der Waals surface area contributed by atoms with Gasteiger partial charge in [-0.05, 0) is 60.6 Å². The fraction of sp³-hybridized carbons (Fsp3) is 0.447. The molecular weight excluding hydrogens is 624 g/mol. The van der Waals surface area contributed by atoms with Crippen molar-refractivity contribution in [3.63, 3.8) is 0 Å². The van der Waals surface area contributed by atoms with Crippen molar-refractivity contribution >= 4 is 39.3 Å². The average molecular weight is 671 g/mol. The highest BCUT2D eigenvalue weighted by Gasteiger charge is 2.45. The minimum atomic E-state index is -1.07. The lowest BCUT2D eigenvalue weighted by Crippen LogP contribution is -2.49. The van der Waals surface area contributed by atoms with Gasteiger partial charge < -0.3 is 15.1 Å². The molecule has 0 saturated carbocycles. The van der Waals surface area contributed by atoms with Gasteiger partial charge in [0.15, 0.2) is 0 Å². The van der Waals surface area contributed by atoms with Crippen molar-refractivity contribution in [2.75, 3.05) is 71.4 Å². The van der Waals surface area contributed by atoms with E-state index in [0.29, 0.717) is 19.5 Å². The molecule has 0 aliphatic carbocycles. The molecule has 4 aromatic rings. The predicted octanol–water partition coefficient (Wildman–Crippen LogP) is 5.19. The molecule has 8 nitrogen and oxygen atoms in total. The van der Waals surface area contributed by atoms with Crippen LogP contribution in [0.1, 0.15) is 36.8 Å². The first-order chi connectivity index (χ1) is 23.4. The van der Waals surface area contributed by atoms with Crippen molar-refractivity contribution in [3.8, 4) is 0 Å². The fourth-order valence-electron chi connectivity index (χ4n) is 7.39. The van der Waals surface area contributed by atoms with Crippen LogP contribution in [0, 0.1) is 0 Å². The molecule has 254 valence electrons. The van der Waals surface area contributed by atoms with Crippen LogP contribution in [0.4, 0.5) is 10.2 Å². The largest absolute Gasteiger partial charge is 0.355 e. The molecule has 3 heterocycles. The van der Waals surface area contributed by atoms with Crippen LogP contribution in [0.5, 0.6) is 0 Å². The molecule has 1 N–H and O–H groups in total. The first-order valence-corrected chi connectivity index (χ1v) is 17.9. The van der Waals surface area contributed by atoms with Gasteiger partial charge in [-0.15, -0.1) is 0 Å². The zero-order chi connectivity index (χ0) is 33.5. The molecular formula is C38H47FN6O2S. The number of carbonyl (C=O) groups is 2. The minimum Gasteiger partial charge on any atom is -0.355 e. The van der Waals surface area contributed by atoms with E-state index in [4.69, 9.17) is 4.37 Å². The molecule has 2 amide bonds. The summed E-state index contributed by atoms with van der Waals surface area (Å²) in [5, 5.41) is 4.34. The van der Waals surface area contributed by atoms with E-state index in [0.717, 1.165) is 62.5 Å². The van der Waals surface area contributed by atoms with Gasteiger partial charge in [0, 0.05) is 71.7 Å². The number of aromatic nitrogens is 1.